The average Bonchev–Trinajstić information content (AvgIpc) is 3.22. The Labute approximate surface area is 116 Å². The number of hydrogen-bond acceptors (Lipinski definition) is 4. The van der Waals surface area contributed by atoms with Gasteiger partial charge in [0.25, 0.3) is 0 Å². The third-order valence-electron chi connectivity index (χ3n) is 2.90. The number of ether oxygens (including phenoxy) is 1. The number of aromatic nitrogens is 2. The summed E-state index contributed by atoms with van der Waals surface area (Å²) in [4.78, 5) is 8.26. The van der Waals surface area contributed by atoms with E-state index < -0.39 is 0 Å². The SMILES string of the molecule is Clc1cncc(Oc2ncccc2CNC2CC2)c1. The van der Waals surface area contributed by atoms with Crippen LogP contribution in [0.1, 0.15) is 18.4 Å². The first-order valence-corrected chi connectivity index (χ1v) is 6.65. The molecule has 5 heteroatoms. The minimum atomic E-state index is 0.547. The first-order valence-electron chi connectivity index (χ1n) is 6.27. The molecule has 2 aromatic rings. The van der Waals surface area contributed by atoms with E-state index >= 15 is 0 Å². The largest absolute Gasteiger partial charge is 0.437 e. The zero-order valence-electron chi connectivity index (χ0n) is 10.3. The Balaban J connectivity index is 1.75. The van der Waals surface area contributed by atoms with Crippen molar-refractivity contribution >= 4 is 11.6 Å². The second kappa shape index (κ2) is 5.55. The highest BCUT2D eigenvalue weighted by molar-refractivity contribution is 6.30. The van der Waals surface area contributed by atoms with Crippen LogP contribution in [0.4, 0.5) is 0 Å². The number of pyridine rings is 2. The van der Waals surface area contributed by atoms with Crippen LogP contribution < -0.4 is 10.1 Å². The van der Waals surface area contributed by atoms with Crippen LogP contribution >= 0.6 is 11.6 Å². The zero-order chi connectivity index (χ0) is 13.1. The van der Waals surface area contributed by atoms with Crippen molar-refractivity contribution in [2.24, 2.45) is 0 Å². The molecular weight excluding hydrogens is 262 g/mol. The fourth-order valence-corrected chi connectivity index (χ4v) is 1.92. The molecule has 3 rings (SSSR count). The molecule has 2 heterocycles. The summed E-state index contributed by atoms with van der Waals surface area (Å²) >= 11 is 5.89. The summed E-state index contributed by atoms with van der Waals surface area (Å²) in [6, 6.07) is 6.30. The predicted octanol–water partition coefficient (Wildman–Crippen LogP) is 3.17. The molecule has 0 atom stereocenters. The van der Waals surface area contributed by atoms with E-state index in [0.29, 0.717) is 22.7 Å². The van der Waals surface area contributed by atoms with E-state index in [0.717, 1.165) is 12.1 Å². The summed E-state index contributed by atoms with van der Waals surface area (Å²) in [6.45, 7) is 0.766. The van der Waals surface area contributed by atoms with Gasteiger partial charge in [0, 0.05) is 36.6 Å². The maximum Gasteiger partial charge on any atom is 0.223 e. The summed E-state index contributed by atoms with van der Waals surface area (Å²) in [5.74, 6) is 1.19. The molecule has 0 amide bonds. The van der Waals surface area contributed by atoms with Crippen molar-refractivity contribution in [1.29, 1.82) is 0 Å². The normalized spacial score (nSPS) is 14.4. The molecule has 0 bridgehead atoms. The van der Waals surface area contributed by atoms with Gasteiger partial charge < -0.3 is 10.1 Å². The molecule has 4 nitrogen and oxygen atoms in total. The molecule has 98 valence electrons. The van der Waals surface area contributed by atoms with Crippen molar-refractivity contribution < 1.29 is 4.74 Å². The summed E-state index contributed by atoms with van der Waals surface area (Å²) in [6.07, 6.45) is 7.43. The van der Waals surface area contributed by atoms with Gasteiger partial charge in [0.2, 0.25) is 5.88 Å². The molecule has 2 aromatic heterocycles. The molecular formula is C14H14ClN3O. The fourth-order valence-electron chi connectivity index (χ4n) is 1.75. The summed E-state index contributed by atoms with van der Waals surface area (Å²) in [5.41, 5.74) is 1.04. The summed E-state index contributed by atoms with van der Waals surface area (Å²) < 4.78 is 5.74. The van der Waals surface area contributed by atoms with Gasteiger partial charge in [-0.2, -0.15) is 0 Å². The number of nitrogens with zero attached hydrogens (tertiary/aromatic N) is 2. The van der Waals surface area contributed by atoms with Crippen LogP contribution in [0.3, 0.4) is 0 Å². The van der Waals surface area contributed by atoms with Crippen LogP contribution in [0.25, 0.3) is 0 Å². The van der Waals surface area contributed by atoms with Crippen molar-refractivity contribution in [3.63, 3.8) is 0 Å². The second-order valence-electron chi connectivity index (χ2n) is 4.56. The fraction of sp³-hybridized carbons (Fsp3) is 0.286. The molecule has 0 aromatic carbocycles. The van der Waals surface area contributed by atoms with Crippen LogP contribution in [0.5, 0.6) is 11.6 Å². The molecule has 1 fully saturated rings. The van der Waals surface area contributed by atoms with Gasteiger partial charge in [-0.3, -0.25) is 4.98 Å². The maximum atomic E-state index is 5.89. The van der Waals surface area contributed by atoms with Gasteiger partial charge in [-0.05, 0) is 18.9 Å². The van der Waals surface area contributed by atoms with Crippen molar-refractivity contribution in [3.05, 3.63) is 47.4 Å². The second-order valence-corrected chi connectivity index (χ2v) is 5.00. The molecule has 0 radical (unpaired) electrons. The van der Waals surface area contributed by atoms with E-state index in [1.54, 1.807) is 24.7 Å². The molecule has 19 heavy (non-hydrogen) atoms. The van der Waals surface area contributed by atoms with E-state index in [1.165, 1.54) is 12.8 Å². The van der Waals surface area contributed by atoms with Crippen LogP contribution in [-0.4, -0.2) is 16.0 Å². The van der Waals surface area contributed by atoms with Crippen LogP contribution in [0.2, 0.25) is 5.02 Å². The van der Waals surface area contributed by atoms with Gasteiger partial charge in [-0.15, -0.1) is 0 Å². The first kappa shape index (κ1) is 12.4. The molecule has 0 unspecified atom stereocenters. The van der Waals surface area contributed by atoms with Crippen LogP contribution in [0.15, 0.2) is 36.8 Å². The first-order chi connectivity index (χ1) is 9.31. The van der Waals surface area contributed by atoms with E-state index in [4.69, 9.17) is 16.3 Å². The predicted molar refractivity (Wildman–Crippen MR) is 73.4 cm³/mol. The van der Waals surface area contributed by atoms with Crippen molar-refractivity contribution in [1.82, 2.24) is 15.3 Å². The molecule has 1 aliphatic rings. The quantitative estimate of drug-likeness (QED) is 0.910. The third-order valence-corrected chi connectivity index (χ3v) is 3.11. The van der Waals surface area contributed by atoms with Crippen LogP contribution in [-0.2, 0) is 6.54 Å². The van der Waals surface area contributed by atoms with Gasteiger partial charge in [-0.1, -0.05) is 17.7 Å². The van der Waals surface area contributed by atoms with Crippen LogP contribution in [0, 0.1) is 0 Å². The van der Waals surface area contributed by atoms with E-state index in [9.17, 15) is 0 Å². The van der Waals surface area contributed by atoms with Gasteiger partial charge in [0.15, 0.2) is 0 Å². The third kappa shape index (κ3) is 3.43. The topological polar surface area (TPSA) is 47.0 Å². The van der Waals surface area contributed by atoms with Crippen molar-refractivity contribution in [2.45, 2.75) is 25.4 Å². The molecule has 0 saturated heterocycles. The molecule has 1 aliphatic carbocycles. The molecule has 1 N–H and O–H groups in total. The lowest BCUT2D eigenvalue weighted by Crippen LogP contribution is -2.16. The zero-order valence-corrected chi connectivity index (χ0v) is 11.1. The van der Waals surface area contributed by atoms with Gasteiger partial charge in [0.05, 0.1) is 11.2 Å². The van der Waals surface area contributed by atoms with E-state index in [-0.39, 0.29) is 0 Å². The number of nitrogens with one attached hydrogen (secondary N) is 1. The van der Waals surface area contributed by atoms with E-state index in [2.05, 4.69) is 15.3 Å². The standard InChI is InChI=1S/C14H14ClN3O/c15-11-6-13(9-16-8-11)19-14-10(2-1-5-17-14)7-18-12-3-4-12/h1-2,5-6,8-9,12,18H,3-4,7H2. The minimum Gasteiger partial charge on any atom is -0.437 e. The Morgan fingerprint density at radius 1 is 1.37 bits per heavy atom. The number of hydrogen-bond donors (Lipinski definition) is 1. The Morgan fingerprint density at radius 2 is 2.26 bits per heavy atom. The van der Waals surface area contributed by atoms with Gasteiger partial charge in [-0.25, -0.2) is 4.98 Å². The number of rotatable bonds is 5. The Hall–Kier alpha value is -1.65. The molecule has 0 spiro atoms. The Kier molecular flexibility index (Phi) is 3.62. The highest BCUT2D eigenvalue weighted by atomic mass is 35.5. The summed E-state index contributed by atoms with van der Waals surface area (Å²) in [7, 11) is 0. The number of halogens is 1. The molecule has 1 saturated carbocycles. The van der Waals surface area contributed by atoms with Crippen molar-refractivity contribution in [3.8, 4) is 11.6 Å². The lowest BCUT2D eigenvalue weighted by molar-refractivity contribution is 0.451. The van der Waals surface area contributed by atoms with Gasteiger partial charge >= 0.3 is 0 Å². The molecule has 0 aliphatic heterocycles. The van der Waals surface area contributed by atoms with E-state index in [1.807, 2.05) is 12.1 Å². The minimum absolute atomic E-state index is 0.547. The lowest BCUT2D eigenvalue weighted by Gasteiger charge is -2.10. The van der Waals surface area contributed by atoms with Crippen molar-refractivity contribution in [2.75, 3.05) is 0 Å². The maximum absolute atomic E-state index is 5.89. The Morgan fingerprint density at radius 3 is 3.05 bits per heavy atom. The highest BCUT2D eigenvalue weighted by Gasteiger charge is 2.20. The smallest absolute Gasteiger partial charge is 0.223 e. The Bertz CT molecular complexity index is 572. The summed E-state index contributed by atoms with van der Waals surface area (Å²) in [5, 5.41) is 4.00. The lowest BCUT2D eigenvalue weighted by atomic mass is 10.2. The average molecular weight is 276 g/mol. The van der Waals surface area contributed by atoms with Gasteiger partial charge in [0.1, 0.15) is 5.75 Å². The monoisotopic (exact) mass is 275 g/mol. The highest BCUT2D eigenvalue weighted by Crippen LogP contribution is 2.25.